The fraction of sp³-hybridized carbons (Fsp3) is 0.471. The molecule has 2 aromatic rings. The Morgan fingerprint density at radius 2 is 2.09 bits per heavy atom. The third-order valence-corrected chi connectivity index (χ3v) is 5.02. The zero-order valence-electron chi connectivity index (χ0n) is 13.4. The molecule has 6 heteroatoms. The summed E-state index contributed by atoms with van der Waals surface area (Å²) in [5.41, 5.74) is 1.57. The van der Waals surface area contributed by atoms with Crippen molar-refractivity contribution in [2.75, 3.05) is 19.6 Å². The Hall–Kier alpha value is -1.79. The van der Waals surface area contributed by atoms with Gasteiger partial charge in [-0.25, -0.2) is 4.98 Å². The van der Waals surface area contributed by atoms with Crippen LogP contribution in [0.25, 0.3) is 10.6 Å². The number of pyridine rings is 1. The first-order chi connectivity index (χ1) is 11.3. The number of amides is 1. The van der Waals surface area contributed by atoms with Gasteiger partial charge < -0.3 is 10.2 Å². The van der Waals surface area contributed by atoms with Gasteiger partial charge in [0.2, 0.25) is 0 Å². The average molecular weight is 330 g/mol. The molecule has 122 valence electrons. The second-order valence-corrected chi connectivity index (χ2v) is 6.61. The van der Waals surface area contributed by atoms with Crippen LogP contribution in [0.2, 0.25) is 0 Å². The minimum atomic E-state index is 0.0651. The van der Waals surface area contributed by atoms with Crippen molar-refractivity contribution < 1.29 is 4.79 Å². The van der Waals surface area contributed by atoms with E-state index in [1.54, 1.807) is 12.4 Å². The number of carbonyl (C=O) groups is 1. The molecule has 1 aliphatic rings. The van der Waals surface area contributed by atoms with Crippen LogP contribution in [0, 0.1) is 0 Å². The Balaban J connectivity index is 1.78. The highest BCUT2D eigenvalue weighted by Crippen LogP contribution is 2.24. The third-order valence-electron chi connectivity index (χ3n) is 4.13. The van der Waals surface area contributed by atoms with Gasteiger partial charge in [-0.3, -0.25) is 9.78 Å². The molecule has 0 radical (unpaired) electrons. The maximum absolute atomic E-state index is 12.9. The molecule has 0 aromatic carbocycles. The van der Waals surface area contributed by atoms with Crippen LogP contribution in [0.5, 0.6) is 0 Å². The summed E-state index contributed by atoms with van der Waals surface area (Å²) in [6.07, 6.45) is 6.50. The summed E-state index contributed by atoms with van der Waals surface area (Å²) >= 11 is 1.51. The van der Waals surface area contributed by atoms with Gasteiger partial charge in [-0.15, -0.1) is 11.3 Å². The Kier molecular flexibility index (Phi) is 5.35. The molecular formula is C17H22N4OS. The Labute approximate surface area is 140 Å². The van der Waals surface area contributed by atoms with Gasteiger partial charge in [-0.05, 0) is 44.5 Å². The monoisotopic (exact) mass is 330 g/mol. The molecule has 1 amide bonds. The van der Waals surface area contributed by atoms with Crippen molar-refractivity contribution in [3.8, 4) is 10.6 Å². The molecule has 2 aromatic heterocycles. The van der Waals surface area contributed by atoms with E-state index in [1.165, 1.54) is 11.3 Å². The predicted octanol–water partition coefficient (Wildman–Crippen LogP) is 2.81. The van der Waals surface area contributed by atoms with Crippen molar-refractivity contribution in [3.05, 3.63) is 35.6 Å². The highest BCUT2D eigenvalue weighted by molar-refractivity contribution is 7.13. The van der Waals surface area contributed by atoms with Crippen LogP contribution in [-0.2, 0) is 0 Å². The summed E-state index contributed by atoms with van der Waals surface area (Å²) in [7, 11) is 0. The van der Waals surface area contributed by atoms with Gasteiger partial charge in [0, 0.05) is 35.9 Å². The summed E-state index contributed by atoms with van der Waals surface area (Å²) in [6.45, 7) is 4.88. The molecular weight excluding hydrogens is 308 g/mol. The minimum absolute atomic E-state index is 0.0651. The molecule has 0 aliphatic carbocycles. The van der Waals surface area contributed by atoms with Gasteiger partial charge in [0.15, 0.2) is 0 Å². The molecule has 1 N–H and O–H groups in total. The van der Waals surface area contributed by atoms with E-state index in [1.807, 2.05) is 22.4 Å². The van der Waals surface area contributed by atoms with Crippen LogP contribution < -0.4 is 5.32 Å². The summed E-state index contributed by atoms with van der Waals surface area (Å²) in [4.78, 5) is 23.5. The lowest BCUT2D eigenvalue weighted by molar-refractivity contribution is 0.0637. The number of nitrogens with one attached hydrogen (secondary N) is 1. The molecule has 3 heterocycles. The normalized spacial score (nSPS) is 15.5. The van der Waals surface area contributed by atoms with E-state index < -0.39 is 0 Å². The fourth-order valence-electron chi connectivity index (χ4n) is 2.96. The maximum Gasteiger partial charge on any atom is 0.273 e. The fourth-order valence-corrected chi connectivity index (χ4v) is 3.76. The van der Waals surface area contributed by atoms with Crippen molar-refractivity contribution in [1.29, 1.82) is 0 Å². The van der Waals surface area contributed by atoms with Gasteiger partial charge in [0.25, 0.3) is 5.91 Å². The van der Waals surface area contributed by atoms with Gasteiger partial charge in [0.05, 0.1) is 0 Å². The number of carbonyl (C=O) groups excluding carboxylic acids is 1. The first-order valence-electron chi connectivity index (χ1n) is 8.17. The molecule has 1 fully saturated rings. The first kappa shape index (κ1) is 16.1. The molecule has 23 heavy (non-hydrogen) atoms. The van der Waals surface area contributed by atoms with E-state index in [9.17, 15) is 4.79 Å². The molecule has 0 saturated carbocycles. The van der Waals surface area contributed by atoms with Crippen LogP contribution in [0.15, 0.2) is 29.9 Å². The quantitative estimate of drug-likeness (QED) is 0.916. The SMILES string of the molecule is CCCN(C(=O)c1csc(-c2ccncc2)n1)C1CCNCC1. The smallest absolute Gasteiger partial charge is 0.273 e. The Bertz CT molecular complexity index is 637. The van der Waals surface area contributed by atoms with Gasteiger partial charge in [-0.1, -0.05) is 6.92 Å². The first-order valence-corrected chi connectivity index (χ1v) is 9.05. The predicted molar refractivity (Wildman–Crippen MR) is 92.6 cm³/mol. The van der Waals surface area contributed by atoms with Gasteiger partial charge >= 0.3 is 0 Å². The molecule has 3 rings (SSSR count). The number of aromatic nitrogens is 2. The number of hydrogen-bond donors (Lipinski definition) is 1. The van der Waals surface area contributed by atoms with Gasteiger partial charge in [-0.2, -0.15) is 0 Å². The number of piperidine rings is 1. The number of thiazole rings is 1. The highest BCUT2D eigenvalue weighted by atomic mass is 32.1. The van der Waals surface area contributed by atoms with E-state index in [2.05, 4.69) is 22.2 Å². The minimum Gasteiger partial charge on any atom is -0.334 e. The van der Waals surface area contributed by atoms with E-state index in [0.29, 0.717) is 11.7 Å². The molecule has 1 saturated heterocycles. The highest BCUT2D eigenvalue weighted by Gasteiger charge is 2.27. The zero-order chi connectivity index (χ0) is 16.1. The van der Waals surface area contributed by atoms with E-state index in [0.717, 1.165) is 49.5 Å². The van der Waals surface area contributed by atoms with Crippen LogP contribution in [-0.4, -0.2) is 46.5 Å². The molecule has 0 atom stereocenters. The second kappa shape index (κ2) is 7.66. The van der Waals surface area contributed by atoms with Crippen molar-refractivity contribution in [1.82, 2.24) is 20.2 Å². The van der Waals surface area contributed by atoms with Crippen LogP contribution in [0.1, 0.15) is 36.7 Å². The Morgan fingerprint density at radius 3 is 2.78 bits per heavy atom. The summed E-state index contributed by atoms with van der Waals surface area (Å²) in [5.74, 6) is 0.0651. The molecule has 0 unspecified atom stereocenters. The molecule has 1 aliphatic heterocycles. The van der Waals surface area contributed by atoms with Gasteiger partial charge in [0.1, 0.15) is 10.7 Å². The summed E-state index contributed by atoms with van der Waals surface area (Å²) in [6, 6.07) is 4.17. The average Bonchev–Trinajstić information content (AvgIpc) is 3.11. The van der Waals surface area contributed by atoms with Crippen LogP contribution in [0.4, 0.5) is 0 Å². The maximum atomic E-state index is 12.9. The van der Waals surface area contributed by atoms with Crippen molar-refractivity contribution >= 4 is 17.2 Å². The van der Waals surface area contributed by atoms with Crippen molar-refractivity contribution in [2.24, 2.45) is 0 Å². The lowest BCUT2D eigenvalue weighted by Crippen LogP contribution is -2.46. The second-order valence-electron chi connectivity index (χ2n) is 5.75. The topological polar surface area (TPSA) is 58.1 Å². The van der Waals surface area contributed by atoms with E-state index in [4.69, 9.17) is 0 Å². The summed E-state index contributed by atoms with van der Waals surface area (Å²) in [5, 5.41) is 6.11. The standard InChI is InChI=1S/C17H22N4OS/c1-2-11-21(14-5-9-19-10-6-14)17(22)15-12-23-16(20-15)13-3-7-18-8-4-13/h3-4,7-8,12,14,19H,2,5-6,9-11H2,1H3. The van der Waals surface area contributed by atoms with Crippen molar-refractivity contribution in [2.45, 2.75) is 32.2 Å². The largest absolute Gasteiger partial charge is 0.334 e. The molecule has 5 nitrogen and oxygen atoms in total. The molecule has 0 spiro atoms. The number of rotatable bonds is 5. The van der Waals surface area contributed by atoms with E-state index in [-0.39, 0.29) is 5.91 Å². The lowest BCUT2D eigenvalue weighted by atomic mass is 10.0. The number of hydrogen-bond acceptors (Lipinski definition) is 5. The third kappa shape index (κ3) is 3.76. The van der Waals surface area contributed by atoms with Crippen molar-refractivity contribution in [3.63, 3.8) is 0 Å². The van der Waals surface area contributed by atoms with E-state index >= 15 is 0 Å². The Morgan fingerprint density at radius 1 is 1.35 bits per heavy atom. The number of nitrogens with zero attached hydrogens (tertiary/aromatic N) is 3. The van der Waals surface area contributed by atoms with Crippen LogP contribution in [0.3, 0.4) is 0 Å². The van der Waals surface area contributed by atoms with Crippen LogP contribution >= 0.6 is 11.3 Å². The summed E-state index contributed by atoms with van der Waals surface area (Å²) < 4.78 is 0. The zero-order valence-corrected chi connectivity index (χ0v) is 14.2. The molecule has 0 bridgehead atoms. The lowest BCUT2D eigenvalue weighted by Gasteiger charge is -2.34.